The number of amides is 4. The number of nitrogens with one attached hydrogen (secondary N) is 2. The Hall–Kier alpha value is -4.52. The number of ether oxygens (including phenoxy) is 2. The molecule has 6 rings (SSSR count). The first-order valence-electron chi connectivity index (χ1n) is 15.9. The zero-order valence-corrected chi connectivity index (χ0v) is 26.5. The number of carbonyl (C=O) groups excluding carboxylic acids is 4. The van der Waals surface area contributed by atoms with Gasteiger partial charge in [0, 0.05) is 25.0 Å². The lowest BCUT2D eigenvalue weighted by molar-refractivity contribution is -0.120. The van der Waals surface area contributed by atoms with E-state index in [0.717, 1.165) is 43.2 Å². The summed E-state index contributed by atoms with van der Waals surface area (Å²) in [5.41, 5.74) is 3.54. The number of benzene rings is 2. The number of aryl methyl sites for hydroxylation is 2. The van der Waals surface area contributed by atoms with Crippen LogP contribution in [0.15, 0.2) is 30.3 Å². The summed E-state index contributed by atoms with van der Waals surface area (Å²) in [6, 6.07) is 6.26. The summed E-state index contributed by atoms with van der Waals surface area (Å²) in [6.07, 6.45) is 6.65. The van der Waals surface area contributed by atoms with Crippen molar-refractivity contribution < 1.29 is 42.5 Å². The molecule has 0 saturated carbocycles. The molecule has 0 radical (unpaired) electrons. The van der Waals surface area contributed by atoms with Crippen molar-refractivity contribution in [3.8, 4) is 0 Å². The molecule has 1 unspecified atom stereocenters. The van der Waals surface area contributed by atoms with Gasteiger partial charge in [-0.05, 0) is 73.9 Å². The van der Waals surface area contributed by atoms with Gasteiger partial charge in [0.2, 0.25) is 11.8 Å². The van der Waals surface area contributed by atoms with Crippen molar-refractivity contribution >= 4 is 41.5 Å². The molecule has 49 heavy (non-hydrogen) atoms. The van der Waals surface area contributed by atoms with Crippen molar-refractivity contribution in [1.29, 1.82) is 0 Å². The monoisotopic (exact) mass is 686 g/mol. The van der Waals surface area contributed by atoms with Gasteiger partial charge in [-0.1, -0.05) is 33.4 Å². The van der Waals surface area contributed by atoms with E-state index in [1.807, 2.05) is 18.2 Å². The Kier molecular flexibility index (Phi) is 13.7. The van der Waals surface area contributed by atoms with Crippen LogP contribution in [0.25, 0.3) is 6.08 Å². The number of rotatable bonds is 6. The lowest BCUT2D eigenvalue weighted by atomic mass is 9.99. The number of anilines is 2. The molecule has 3 N–H and O–H groups in total. The summed E-state index contributed by atoms with van der Waals surface area (Å²) in [5, 5.41) is 15.3. The van der Waals surface area contributed by atoms with Crippen LogP contribution in [0.2, 0.25) is 0 Å². The van der Waals surface area contributed by atoms with Crippen LogP contribution in [0, 0.1) is 11.6 Å². The zero-order chi connectivity index (χ0) is 33.7. The number of aliphatic hydroxyl groups excluding tert-OH is 1. The molecule has 3 atom stereocenters. The highest BCUT2D eigenvalue weighted by Crippen LogP contribution is 2.35. The number of fused-ring (bicyclic) bond motifs is 2. The average Bonchev–Trinajstić information content (AvgIpc) is 3.40. The minimum Gasteiger partial charge on any atom is -0.442 e. The maximum atomic E-state index is 14.5. The summed E-state index contributed by atoms with van der Waals surface area (Å²) in [6.45, 7) is 3.83. The largest absolute Gasteiger partial charge is 0.442 e. The number of nitrogens with zero attached hydrogens (tertiary/aromatic N) is 2. The minimum absolute atomic E-state index is 0. The summed E-state index contributed by atoms with van der Waals surface area (Å²) >= 11 is 0. The maximum absolute atomic E-state index is 14.5. The van der Waals surface area contributed by atoms with Gasteiger partial charge in [0.05, 0.1) is 43.7 Å². The Balaban J connectivity index is 0.000000255. The van der Waals surface area contributed by atoms with Crippen LogP contribution in [0.3, 0.4) is 0 Å². The molecule has 2 aliphatic carbocycles. The molecule has 2 aromatic rings. The summed E-state index contributed by atoms with van der Waals surface area (Å²) in [4.78, 5) is 48.8. The second-order valence-electron chi connectivity index (χ2n) is 12.2. The molecule has 2 aromatic carbocycles. The minimum atomic E-state index is -0.797. The molecule has 4 amide bonds. The first-order valence-corrected chi connectivity index (χ1v) is 15.9. The number of hydrogen-bond donors (Lipinski definition) is 3. The molecule has 0 bridgehead atoms. The van der Waals surface area contributed by atoms with E-state index >= 15 is 0 Å². The lowest BCUT2D eigenvalue weighted by Crippen LogP contribution is -2.33. The van der Waals surface area contributed by atoms with Crippen LogP contribution in [0.1, 0.15) is 89.2 Å². The lowest BCUT2D eigenvalue weighted by Gasteiger charge is -2.18. The highest BCUT2D eigenvalue weighted by atomic mass is 19.1. The third-order valence-electron chi connectivity index (χ3n) is 8.54. The number of cyclic esters (lactones) is 2. The number of hydrogen-bond acceptors (Lipinski definition) is 7. The second kappa shape index (κ2) is 17.2. The van der Waals surface area contributed by atoms with Crippen molar-refractivity contribution in [2.75, 3.05) is 36.0 Å². The van der Waals surface area contributed by atoms with Gasteiger partial charge in [0.1, 0.15) is 23.8 Å². The van der Waals surface area contributed by atoms with Crippen molar-refractivity contribution in [3.63, 3.8) is 0 Å². The van der Waals surface area contributed by atoms with Crippen LogP contribution in [0.5, 0.6) is 0 Å². The van der Waals surface area contributed by atoms with Crippen molar-refractivity contribution in [3.05, 3.63) is 64.2 Å². The van der Waals surface area contributed by atoms with E-state index in [9.17, 15) is 33.1 Å². The molecule has 13 heteroatoms. The molecule has 0 spiro atoms. The fourth-order valence-electron chi connectivity index (χ4n) is 6.20. The standard InChI is InChI=1S/C17H21FN2O4.C17H19FN2O3.2CH4/c1-10(21)19-8-13-9-20(17(23)24-13)12-6-11-4-2-3-5-15(22)16(11)14(18)7-12;1-11(21)19-9-14-10-20(17(22)23-14)13-7-12-5-3-2-4-6-15(12)16(18)8-13;;/h6-7,13,15,22H,2-5,8-9H2,1H3,(H,19,21);4,6-8,14H,2-3,5,9-10H2,1H3,(H,19,21);2*1H4/t13-,15?;14-;;/m00../s1. The number of carbonyl (C=O) groups is 4. The summed E-state index contributed by atoms with van der Waals surface area (Å²) in [7, 11) is 0. The molecular weight excluding hydrogens is 638 g/mol. The molecule has 0 aromatic heterocycles. The van der Waals surface area contributed by atoms with Gasteiger partial charge in [-0.2, -0.15) is 0 Å². The van der Waals surface area contributed by atoms with E-state index in [2.05, 4.69) is 10.6 Å². The maximum Gasteiger partial charge on any atom is 0.414 e. The smallest absolute Gasteiger partial charge is 0.414 e. The highest BCUT2D eigenvalue weighted by Gasteiger charge is 2.35. The molecule has 2 heterocycles. The summed E-state index contributed by atoms with van der Waals surface area (Å²) < 4.78 is 39.3. The van der Waals surface area contributed by atoms with Crippen molar-refractivity contribution in [2.24, 2.45) is 0 Å². The quantitative estimate of drug-likeness (QED) is 0.319. The van der Waals surface area contributed by atoms with Gasteiger partial charge in [-0.15, -0.1) is 0 Å². The number of halogens is 2. The molecule has 2 aliphatic heterocycles. The van der Waals surface area contributed by atoms with E-state index in [1.165, 1.54) is 35.8 Å². The van der Waals surface area contributed by atoms with E-state index in [-0.39, 0.29) is 52.1 Å². The van der Waals surface area contributed by atoms with E-state index in [1.54, 1.807) is 6.07 Å². The fourth-order valence-corrected chi connectivity index (χ4v) is 6.20. The van der Waals surface area contributed by atoms with Gasteiger partial charge in [0.25, 0.3) is 0 Å². The third kappa shape index (κ3) is 9.56. The average molecular weight is 687 g/mol. The molecule has 11 nitrogen and oxygen atoms in total. The van der Waals surface area contributed by atoms with E-state index in [0.29, 0.717) is 41.9 Å². The SMILES string of the molecule is C.C.CC(=O)NC[C@H]1CN(c2cc(F)c3c(c2)CCCC=C3)C(=O)O1.CC(=O)NC[C@H]1CN(c2cc(F)c3c(c2)CCCCC3O)C(=O)O1. The topological polar surface area (TPSA) is 138 Å². The van der Waals surface area contributed by atoms with Crippen molar-refractivity contribution in [1.82, 2.24) is 10.6 Å². The number of allylic oxidation sites excluding steroid dienone is 1. The predicted molar refractivity (Wildman–Crippen MR) is 183 cm³/mol. The van der Waals surface area contributed by atoms with Gasteiger partial charge < -0.3 is 25.2 Å². The van der Waals surface area contributed by atoms with Gasteiger partial charge >= 0.3 is 12.2 Å². The molecule has 268 valence electrons. The van der Waals surface area contributed by atoms with Crippen LogP contribution < -0.4 is 20.4 Å². The predicted octanol–water partition coefficient (Wildman–Crippen LogP) is 5.96. The van der Waals surface area contributed by atoms with Crippen LogP contribution in [-0.4, -0.2) is 67.5 Å². The normalized spacial score (nSPS) is 20.9. The van der Waals surface area contributed by atoms with Gasteiger partial charge in [-0.25, -0.2) is 18.4 Å². The first kappa shape index (κ1) is 38.9. The van der Waals surface area contributed by atoms with Gasteiger partial charge in [0.15, 0.2) is 0 Å². The Morgan fingerprint density at radius 1 is 0.816 bits per heavy atom. The zero-order valence-electron chi connectivity index (χ0n) is 26.5. The molecular formula is C36H48F2N4O7. The highest BCUT2D eigenvalue weighted by molar-refractivity contribution is 5.91. The van der Waals surface area contributed by atoms with E-state index < -0.39 is 36.3 Å². The second-order valence-corrected chi connectivity index (χ2v) is 12.2. The molecule has 4 aliphatic rings. The van der Waals surface area contributed by atoms with E-state index in [4.69, 9.17) is 9.47 Å². The first-order chi connectivity index (χ1) is 22.5. The Morgan fingerprint density at radius 2 is 1.35 bits per heavy atom. The Bertz CT molecular complexity index is 1570. The Labute approximate surface area is 286 Å². The molecule has 2 fully saturated rings. The summed E-state index contributed by atoms with van der Waals surface area (Å²) in [5.74, 6) is -1.19. The number of aliphatic hydroxyl groups is 1. The Morgan fingerprint density at radius 3 is 1.92 bits per heavy atom. The van der Waals surface area contributed by atoms with Crippen LogP contribution >= 0.6 is 0 Å². The van der Waals surface area contributed by atoms with Crippen molar-refractivity contribution in [2.45, 2.75) is 92.0 Å². The fraction of sp³-hybridized carbons (Fsp3) is 0.500. The van der Waals surface area contributed by atoms with Gasteiger partial charge in [-0.3, -0.25) is 19.4 Å². The van der Waals surface area contributed by atoms with Crippen LogP contribution in [0.4, 0.5) is 29.7 Å². The molecule has 2 saturated heterocycles. The third-order valence-corrected chi connectivity index (χ3v) is 8.54. The van der Waals surface area contributed by atoms with Crippen LogP contribution in [-0.2, 0) is 31.9 Å².